The molecule has 1 heterocycles. The topological polar surface area (TPSA) is 73.1 Å². The second-order valence-corrected chi connectivity index (χ2v) is 6.88. The lowest BCUT2D eigenvalue weighted by molar-refractivity contribution is -0.303. The van der Waals surface area contributed by atoms with Crippen LogP contribution in [-0.2, 0) is 4.79 Å². The summed E-state index contributed by atoms with van der Waals surface area (Å²) in [5.74, 6) is -1.47. The summed E-state index contributed by atoms with van der Waals surface area (Å²) in [6.45, 7) is 0. The highest BCUT2D eigenvalue weighted by Crippen LogP contribution is 2.44. The molecule has 1 aliphatic carbocycles. The summed E-state index contributed by atoms with van der Waals surface area (Å²) in [6.07, 6.45) is -3.52. The minimum atomic E-state index is -5.08. The zero-order valence-corrected chi connectivity index (χ0v) is 14.1. The van der Waals surface area contributed by atoms with E-state index in [1.807, 2.05) is 0 Å². The first-order valence-electron chi connectivity index (χ1n) is 8.67. The summed E-state index contributed by atoms with van der Waals surface area (Å²) in [7, 11) is 0. The highest BCUT2D eigenvalue weighted by molar-refractivity contribution is 5.93. The van der Waals surface area contributed by atoms with Crippen molar-refractivity contribution in [2.24, 2.45) is 11.0 Å². The van der Waals surface area contributed by atoms with E-state index in [-0.39, 0.29) is 22.2 Å². The third kappa shape index (κ3) is 3.35. The Balaban J connectivity index is 1.91. The van der Waals surface area contributed by atoms with Gasteiger partial charge in [-0.2, -0.15) is 23.3 Å². The Kier molecular flexibility index (Phi) is 5.07. The van der Waals surface area contributed by atoms with Crippen LogP contribution in [0.25, 0.3) is 0 Å². The second-order valence-electron chi connectivity index (χ2n) is 6.88. The Hall–Kier alpha value is -1.93. The molecule has 0 bridgehead atoms. The first-order valence-corrected chi connectivity index (χ1v) is 8.67. The number of rotatable bonds is 3. The lowest BCUT2D eigenvalue weighted by Gasteiger charge is -2.33. The van der Waals surface area contributed by atoms with Crippen molar-refractivity contribution < 1.29 is 28.2 Å². The van der Waals surface area contributed by atoms with Crippen LogP contribution in [0.5, 0.6) is 0 Å². The van der Waals surface area contributed by atoms with Crippen LogP contribution < -0.4 is 0 Å². The van der Waals surface area contributed by atoms with Crippen molar-refractivity contribution in [3.8, 4) is 0 Å². The molecule has 0 aromatic heterocycles. The first kappa shape index (κ1) is 18.8. The van der Waals surface area contributed by atoms with Crippen LogP contribution in [0.15, 0.2) is 35.4 Å². The van der Waals surface area contributed by atoms with Crippen molar-refractivity contribution in [2.45, 2.75) is 56.5 Å². The standard InChI is InChI=1S/C18H21F3N2O3/c19-18(20,21)17(26)11-14(12-7-3-1-4-8-12)22-23(17)16(25)15(24)13-9-5-2-6-10-13/h2,5-6,9-10,12,15,24,26H,1,3-4,7-8,11H2/t15-,17-/m0/s1. The van der Waals surface area contributed by atoms with E-state index in [0.29, 0.717) is 12.8 Å². The van der Waals surface area contributed by atoms with E-state index < -0.39 is 30.3 Å². The molecule has 1 saturated carbocycles. The Morgan fingerprint density at radius 2 is 1.81 bits per heavy atom. The van der Waals surface area contributed by atoms with Gasteiger partial charge in [0.25, 0.3) is 11.6 Å². The highest BCUT2D eigenvalue weighted by atomic mass is 19.4. The minimum Gasteiger partial charge on any atom is -0.378 e. The largest absolute Gasteiger partial charge is 0.438 e. The zero-order valence-electron chi connectivity index (χ0n) is 14.1. The van der Waals surface area contributed by atoms with Gasteiger partial charge < -0.3 is 10.2 Å². The molecule has 0 saturated heterocycles. The third-order valence-electron chi connectivity index (χ3n) is 5.09. The molecule has 0 unspecified atom stereocenters. The van der Waals surface area contributed by atoms with Gasteiger partial charge in [0, 0.05) is 12.1 Å². The normalized spacial score (nSPS) is 25.9. The average molecular weight is 370 g/mol. The van der Waals surface area contributed by atoms with Gasteiger partial charge >= 0.3 is 6.18 Å². The molecule has 1 aliphatic heterocycles. The molecule has 2 atom stereocenters. The number of aliphatic hydroxyl groups excluding tert-OH is 1. The number of hydrogen-bond acceptors (Lipinski definition) is 4. The third-order valence-corrected chi connectivity index (χ3v) is 5.09. The molecule has 0 spiro atoms. The van der Waals surface area contributed by atoms with E-state index in [1.54, 1.807) is 18.2 Å². The minimum absolute atomic E-state index is 0.0363. The summed E-state index contributed by atoms with van der Waals surface area (Å²) < 4.78 is 40.7. The molecule has 26 heavy (non-hydrogen) atoms. The summed E-state index contributed by atoms with van der Waals surface area (Å²) in [5, 5.41) is 24.4. The van der Waals surface area contributed by atoms with E-state index in [2.05, 4.69) is 5.10 Å². The Bertz CT molecular complexity index is 687. The van der Waals surface area contributed by atoms with Crippen LogP contribution in [0.1, 0.15) is 50.2 Å². The van der Waals surface area contributed by atoms with Gasteiger partial charge in [0.2, 0.25) is 0 Å². The number of amides is 1. The molecule has 1 fully saturated rings. The molecule has 142 valence electrons. The zero-order chi connectivity index (χ0) is 18.9. The molecule has 8 heteroatoms. The van der Waals surface area contributed by atoms with Crippen LogP contribution in [0.2, 0.25) is 0 Å². The van der Waals surface area contributed by atoms with Gasteiger partial charge in [0.05, 0.1) is 0 Å². The lowest BCUT2D eigenvalue weighted by atomic mass is 9.83. The summed E-state index contributed by atoms with van der Waals surface area (Å²) in [6, 6.07) is 7.63. The fourth-order valence-corrected chi connectivity index (χ4v) is 3.58. The van der Waals surface area contributed by atoms with E-state index in [0.717, 1.165) is 19.3 Å². The van der Waals surface area contributed by atoms with Gasteiger partial charge in [-0.25, -0.2) is 0 Å². The fraction of sp³-hybridized carbons (Fsp3) is 0.556. The van der Waals surface area contributed by atoms with Gasteiger partial charge in [-0.1, -0.05) is 49.6 Å². The molecule has 2 aliphatic rings. The maximum Gasteiger partial charge on any atom is 0.438 e. The van der Waals surface area contributed by atoms with Gasteiger partial charge in [-0.05, 0) is 24.3 Å². The van der Waals surface area contributed by atoms with Crippen molar-refractivity contribution in [2.75, 3.05) is 0 Å². The monoisotopic (exact) mass is 370 g/mol. The number of alkyl halides is 3. The molecule has 5 nitrogen and oxygen atoms in total. The second kappa shape index (κ2) is 7.00. The quantitative estimate of drug-likeness (QED) is 0.859. The molecule has 2 N–H and O–H groups in total. The van der Waals surface area contributed by atoms with E-state index in [9.17, 15) is 28.2 Å². The smallest absolute Gasteiger partial charge is 0.378 e. The van der Waals surface area contributed by atoms with Gasteiger partial charge in [0.15, 0.2) is 6.10 Å². The van der Waals surface area contributed by atoms with Gasteiger partial charge in [-0.3, -0.25) is 4.79 Å². The van der Waals surface area contributed by atoms with Crippen molar-refractivity contribution in [1.29, 1.82) is 0 Å². The number of hydrazone groups is 1. The SMILES string of the molecule is O=C([C@@H](O)c1ccccc1)N1N=C(C2CCCCC2)C[C@]1(O)C(F)(F)F. The number of benzene rings is 1. The molecule has 1 aromatic rings. The van der Waals surface area contributed by atoms with Gasteiger partial charge in [0.1, 0.15) is 0 Å². The lowest BCUT2D eigenvalue weighted by Crippen LogP contribution is -2.57. The molecule has 1 aromatic carbocycles. The number of hydrogen-bond donors (Lipinski definition) is 2. The molecule has 3 rings (SSSR count). The summed E-state index contributed by atoms with van der Waals surface area (Å²) in [4.78, 5) is 12.5. The predicted octanol–water partition coefficient (Wildman–Crippen LogP) is 3.14. The Labute approximate surface area is 149 Å². The van der Waals surface area contributed by atoms with Crippen molar-refractivity contribution in [1.82, 2.24) is 5.01 Å². The van der Waals surface area contributed by atoms with Crippen LogP contribution >= 0.6 is 0 Å². The maximum absolute atomic E-state index is 13.6. The van der Waals surface area contributed by atoms with E-state index in [4.69, 9.17) is 0 Å². The van der Waals surface area contributed by atoms with Gasteiger partial charge in [-0.15, -0.1) is 0 Å². The molecule has 1 amide bonds. The summed E-state index contributed by atoms with van der Waals surface area (Å²) >= 11 is 0. The van der Waals surface area contributed by atoms with Crippen LogP contribution in [0, 0.1) is 5.92 Å². The van der Waals surface area contributed by atoms with Crippen molar-refractivity contribution >= 4 is 11.6 Å². The fourth-order valence-electron chi connectivity index (χ4n) is 3.58. The maximum atomic E-state index is 13.6. The molecule has 0 radical (unpaired) electrons. The number of nitrogens with zero attached hydrogens (tertiary/aromatic N) is 2. The number of carbonyl (C=O) groups excluding carboxylic acids is 1. The van der Waals surface area contributed by atoms with Crippen LogP contribution in [-0.4, -0.2) is 38.7 Å². The summed E-state index contributed by atoms with van der Waals surface area (Å²) in [5.41, 5.74) is -3.10. The highest BCUT2D eigenvalue weighted by Gasteiger charge is 2.64. The Morgan fingerprint density at radius 1 is 1.19 bits per heavy atom. The first-order chi connectivity index (χ1) is 12.2. The number of carbonyl (C=O) groups is 1. The molecular weight excluding hydrogens is 349 g/mol. The number of halogens is 3. The molecular formula is C18H21F3N2O3. The average Bonchev–Trinajstić information content (AvgIpc) is 3.01. The van der Waals surface area contributed by atoms with Crippen LogP contribution in [0.3, 0.4) is 0 Å². The van der Waals surface area contributed by atoms with Crippen molar-refractivity contribution in [3.63, 3.8) is 0 Å². The van der Waals surface area contributed by atoms with E-state index >= 15 is 0 Å². The van der Waals surface area contributed by atoms with E-state index in [1.165, 1.54) is 12.1 Å². The predicted molar refractivity (Wildman–Crippen MR) is 87.9 cm³/mol. The van der Waals surface area contributed by atoms with Crippen molar-refractivity contribution in [3.05, 3.63) is 35.9 Å². The Morgan fingerprint density at radius 3 is 2.38 bits per heavy atom. The number of aliphatic hydroxyl groups is 2. The van der Waals surface area contributed by atoms with Crippen LogP contribution in [0.4, 0.5) is 13.2 Å².